The molecule has 0 spiro atoms. The quantitative estimate of drug-likeness (QED) is 0.351. The molecule has 0 bridgehead atoms. The van der Waals surface area contributed by atoms with Gasteiger partial charge in [-0.1, -0.05) is 55.5 Å². The number of amides is 2. The number of nitrogens with zero attached hydrogens (tertiary/aromatic N) is 1. The maximum absolute atomic E-state index is 12.6. The summed E-state index contributed by atoms with van der Waals surface area (Å²) in [6, 6.07) is 24.1. The first kappa shape index (κ1) is 22.8. The number of carbonyl (C=O) groups excluding carboxylic acids is 2. The number of aryl methyl sites for hydroxylation is 1. The zero-order chi connectivity index (χ0) is 23.9. The molecule has 2 N–H and O–H groups in total. The summed E-state index contributed by atoms with van der Waals surface area (Å²) >= 11 is 0. The van der Waals surface area contributed by atoms with Crippen molar-refractivity contribution in [2.45, 2.75) is 13.3 Å². The fourth-order valence-corrected chi connectivity index (χ4v) is 3.58. The van der Waals surface area contributed by atoms with Gasteiger partial charge in [-0.3, -0.25) is 0 Å². The second kappa shape index (κ2) is 10.5. The summed E-state index contributed by atoms with van der Waals surface area (Å²) in [7, 11) is 1.31. The van der Waals surface area contributed by atoms with Gasteiger partial charge in [-0.2, -0.15) is 0 Å². The minimum absolute atomic E-state index is 0.240. The number of para-hydroxylation sites is 1. The zero-order valence-corrected chi connectivity index (χ0v) is 19.0. The monoisotopic (exact) mass is 455 g/mol. The lowest BCUT2D eigenvalue weighted by atomic mass is 10.1. The van der Waals surface area contributed by atoms with Crippen molar-refractivity contribution in [2.75, 3.05) is 24.4 Å². The summed E-state index contributed by atoms with van der Waals surface area (Å²) in [5.74, 6) is -0.0240. The van der Waals surface area contributed by atoms with Gasteiger partial charge in [-0.15, -0.1) is 0 Å². The third-order valence-electron chi connectivity index (χ3n) is 5.32. The molecular formula is C27H25N3O4. The van der Waals surface area contributed by atoms with Crippen LogP contribution in [0.3, 0.4) is 0 Å². The van der Waals surface area contributed by atoms with E-state index in [-0.39, 0.29) is 12.6 Å². The van der Waals surface area contributed by atoms with Crippen LogP contribution in [0.15, 0.2) is 78.9 Å². The Bertz CT molecular complexity index is 1320. The van der Waals surface area contributed by atoms with E-state index in [4.69, 9.17) is 14.5 Å². The van der Waals surface area contributed by atoms with E-state index in [0.717, 1.165) is 23.2 Å². The number of urea groups is 1. The van der Waals surface area contributed by atoms with Crippen molar-refractivity contribution in [1.29, 1.82) is 0 Å². The van der Waals surface area contributed by atoms with Crippen LogP contribution < -0.4 is 15.4 Å². The molecule has 0 unspecified atom stereocenters. The molecule has 3 aromatic carbocycles. The van der Waals surface area contributed by atoms with Crippen LogP contribution in [0.25, 0.3) is 22.2 Å². The first-order valence-electron chi connectivity index (χ1n) is 10.9. The Kier molecular flexibility index (Phi) is 7.03. The highest BCUT2D eigenvalue weighted by atomic mass is 16.6. The van der Waals surface area contributed by atoms with Gasteiger partial charge in [-0.25, -0.2) is 14.6 Å². The molecule has 4 rings (SSSR count). The third-order valence-corrected chi connectivity index (χ3v) is 5.32. The van der Waals surface area contributed by atoms with Crippen molar-refractivity contribution in [3.8, 4) is 17.0 Å². The fraction of sp³-hybridized carbons (Fsp3) is 0.148. The van der Waals surface area contributed by atoms with E-state index in [1.807, 2.05) is 67.6 Å². The van der Waals surface area contributed by atoms with Crippen LogP contribution in [0.4, 0.5) is 16.2 Å². The summed E-state index contributed by atoms with van der Waals surface area (Å²) in [5.41, 5.74) is 4.68. The predicted molar refractivity (Wildman–Crippen MR) is 133 cm³/mol. The molecule has 0 aliphatic carbocycles. The second-order valence-corrected chi connectivity index (χ2v) is 7.56. The highest BCUT2D eigenvalue weighted by Crippen LogP contribution is 2.32. The fourth-order valence-electron chi connectivity index (χ4n) is 3.58. The van der Waals surface area contributed by atoms with Crippen LogP contribution in [-0.4, -0.2) is 30.7 Å². The molecule has 0 fully saturated rings. The first-order chi connectivity index (χ1) is 16.6. The van der Waals surface area contributed by atoms with Gasteiger partial charge in [-0.05, 0) is 36.2 Å². The number of aromatic nitrogens is 1. The molecule has 0 radical (unpaired) electrons. The van der Waals surface area contributed by atoms with Gasteiger partial charge in [0.25, 0.3) is 0 Å². The molecule has 0 saturated heterocycles. The Labute approximate surface area is 197 Å². The van der Waals surface area contributed by atoms with E-state index in [1.54, 1.807) is 18.2 Å². The second-order valence-electron chi connectivity index (χ2n) is 7.56. The molecule has 2 amide bonds. The van der Waals surface area contributed by atoms with E-state index < -0.39 is 5.97 Å². The summed E-state index contributed by atoms with van der Waals surface area (Å²) in [5, 5.41) is 6.41. The lowest BCUT2D eigenvalue weighted by molar-refractivity contribution is -0.142. The molecule has 0 aliphatic heterocycles. The number of hydrogen-bond acceptors (Lipinski definition) is 5. The number of methoxy groups -OCH3 is 1. The smallest absolute Gasteiger partial charge is 0.343 e. The minimum Gasteiger partial charge on any atom is -0.481 e. The van der Waals surface area contributed by atoms with Crippen LogP contribution in [0.5, 0.6) is 5.75 Å². The standard InChI is InChI=1S/C27H25N3O4/c1-3-18-9-7-8-12-22(18)30-27(32)28-20-13-14-23-21(15-20)25(34-17-26(31)33-2)16-24(29-23)19-10-5-4-6-11-19/h4-16H,3,17H2,1-2H3,(H2,28,30,32). The van der Waals surface area contributed by atoms with Crippen molar-refractivity contribution in [1.82, 2.24) is 4.98 Å². The average molecular weight is 456 g/mol. The molecule has 0 atom stereocenters. The SMILES string of the molecule is CCc1ccccc1NC(=O)Nc1ccc2nc(-c3ccccc3)cc(OCC(=O)OC)c2c1. The summed E-state index contributed by atoms with van der Waals surface area (Å²) in [4.78, 5) is 29.1. The number of benzene rings is 3. The number of nitrogens with one attached hydrogen (secondary N) is 2. The van der Waals surface area contributed by atoms with Crippen LogP contribution in [-0.2, 0) is 16.0 Å². The predicted octanol–water partition coefficient (Wildman–Crippen LogP) is 5.66. The van der Waals surface area contributed by atoms with Crippen molar-refractivity contribution >= 4 is 34.3 Å². The topological polar surface area (TPSA) is 89.5 Å². The van der Waals surface area contributed by atoms with E-state index in [9.17, 15) is 9.59 Å². The Hall–Kier alpha value is -4.39. The van der Waals surface area contributed by atoms with E-state index in [0.29, 0.717) is 28.0 Å². The Morgan fingerprint density at radius 3 is 2.44 bits per heavy atom. The van der Waals surface area contributed by atoms with Crippen molar-refractivity contribution < 1.29 is 19.1 Å². The maximum atomic E-state index is 12.6. The molecule has 7 heteroatoms. The molecule has 4 aromatic rings. The van der Waals surface area contributed by atoms with E-state index >= 15 is 0 Å². The molecule has 1 heterocycles. The lowest BCUT2D eigenvalue weighted by Crippen LogP contribution is -2.20. The maximum Gasteiger partial charge on any atom is 0.343 e. The zero-order valence-electron chi connectivity index (χ0n) is 19.0. The average Bonchev–Trinajstić information content (AvgIpc) is 2.87. The molecule has 172 valence electrons. The number of pyridine rings is 1. The minimum atomic E-state index is -0.491. The van der Waals surface area contributed by atoms with Crippen LogP contribution >= 0.6 is 0 Å². The van der Waals surface area contributed by atoms with Gasteiger partial charge >= 0.3 is 12.0 Å². The largest absolute Gasteiger partial charge is 0.481 e. The molecule has 7 nitrogen and oxygen atoms in total. The van der Waals surface area contributed by atoms with Gasteiger partial charge in [0.1, 0.15) is 5.75 Å². The van der Waals surface area contributed by atoms with Crippen molar-refractivity contribution in [3.63, 3.8) is 0 Å². The highest BCUT2D eigenvalue weighted by Gasteiger charge is 2.13. The highest BCUT2D eigenvalue weighted by molar-refractivity contribution is 6.02. The number of rotatable bonds is 7. The van der Waals surface area contributed by atoms with Crippen molar-refractivity contribution in [2.24, 2.45) is 0 Å². The lowest BCUT2D eigenvalue weighted by Gasteiger charge is -2.14. The van der Waals surface area contributed by atoms with Crippen LogP contribution in [0, 0.1) is 0 Å². The Morgan fingerprint density at radius 2 is 1.68 bits per heavy atom. The molecular weight excluding hydrogens is 430 g/mol. The van der Waals surface area contributed by atoms with Gasteiger partial charge in [0.05, 0.1) is 18.3 Å². The summed E-state index contributed by atoms with van der Waals surface area (Å²) < 4.78 is 10.5. The van der Waals surface area contributed by atoms with Gasteiger partial charge < -0.3 is 20.1 Å². The van der Waals surface area contributed by atoms with Gasteiger partial charge in [0, 0.05) is 28.4 Å². The number of fused-ring (bicyclic) bond motifs is 1. The molecule has 34 heavy (non-hydrogen) atoms. The number of carbonyl (C=O) groups is 2. The Morgan fingerprint density at radius 1 is 0.912 bits per heavy atom. The third kappa shape index (κ3) is 5.32. The Balaban J connectivity index is 1.64. The summed E-state index contributed by atoms with van der Waals surface area (Å²) in [6.07, 6.45) is 0.808. The van der Waals surface area contributed by atoms with E-state index in [1.165, 1.54) is 7.11 Å². The molecule has 1 aromatic heterocycles. The van der Waals surface area contributed by atoms with Crippen LogP contribution in [0.2, 0.25) is 0 Å². The number of anilines is 2. The first-order valence-corrected chi connectivity index (χ1v) is 10.9. The number of hydrogen-bond donors (Lipinski definition) is 2. The van der Waals surface area contributed by atoms with Gasteiger partial charge in [0.15, 0.2) is 6.61 Å². The molecule has 0 aliphatic rings. The normalized spacial score (nSPS) is 10.5. The van der Waals surface area contributed by atoms with Gasteiger partial charge in [0.2, 0.25) is 0 Å². The van der Waals surface area contributed by atoms with Crippen LogP contribution in [0.1, 0.15) is 12.5 Å². The van der Waals surface area contributed by atoms with E-state index in [2.05, 4.69) is 10.6 Å². The number of ether oxygens (including phenoxy) is 2. The summed E-state index contributed by atoms with van der Waals surface area (Å²) in [6.45, 7) is 1.80. The van der Waals surface area contributed by atoms with Crippen molar-refractivity contribution in [3.05, 3.63) is 84.4 Å². The molecule has 0 saturated carbocycles. The number of esters is 1.